The Morgan fingerprint density at radius 3 is 1.82 bits per heavy atom. The fraction of sp³-hybridized carbons (Fsp3) is 0.537. The molecule has 1 aliphatic carbocycles. The van der Waals surface area contributed by atoms with Crippen molar-refractivity contribution in [1.82, 2.24) is 10.3 Å². The summed E-state index contributed by atoms with van der Waals surface area (Å²) in [6.45, 7) is 17.1. The minimum Gasteiger partial charge on any atom is -0.379 e. The third-order valence-corrected chi connectivity index (χ3v) is 11.6. The van der Waals surface area contributed by atoms with Crippen LogP contribution in [0.25, 0.3) is 11.3 Å². The number of fused-ring (bicyclic) bond motifs is 1. The lowest BCUT2D eigenvalue weighted by molar-refractivity contribution is -0.00561. The Hall–Kier alpha value is -4.77. The number of ether oxygens (including phenoxy) is 8. The van der Waals surface area contributed by atoms with E-state index in [-0.39, 0.29) is 17.9 Å². The van der Waals surface area contributed by atoms with Crippen LogP contribution in [0.4, 0.5) is 11.4 Å². The van der Waals surface area contributed by atoms with Crippen LogP contribution in [0.2, 0.25) is 0 Å². The van der Waals surface area contributed by atoms with E-state index in [0.29, 0.717) is 128 Å². The molecule has 0 saturated carbocycles. The number of aryl methyl sites for hydroxylation is 2. The molecule has 0 saturated heterocycles. The summed E-state index contributed by atoms with van der Waals surface area (Å²) in [4.78, 5) is 34.4. The highest BCUT2D eigenvalue weighted by atomic mass is 16.6. The van der Waals surface area contributed by atoms with Crippen molar-refractivity contribution < 1.29 is 47.5 Å². The highest BCUT2D eigenvalue weighted by Crippen LogP contribution is 2.33. The topological polar surface area (TPSA) is 148 Å². The van der Waals surface area contributed by atoms with E-state index in [2.05, 4.69) is 47.6 Å². The van der Waals surface area contributed by atoms with Gasteiger partial charge in [0, 0.05) is 68.1 Å². The summed E-state index contributed by atoms with van der Waals surface area (Å²) in [7, 11) is 0. The van der Waals surface area contributed by atoms with Gasteiger partial charge in [0.2, 0.25) is 0 Å². The van der Waals surface area contributed by atoms with E-state index in [0.717, 1.165) is 74.8 Å². The minimum atomic E-state index is -0.222. The van der Waals surface area contributed by atoms with E-state index in [4.69, 9.17) is 42.9 Å². The first kappa shape index (κ1) is 54.2. The number of hydrogen-bond donors (Lipinski definition) is 2. The molecule has 0 aliphatic heterocycles. The number of anilines is 2. The van der Waals surface area contributed by atoms with Gasteiger partial charge in [0.25, 0.3) is 11.8 Å². The summed E-state index contributed by atoms with van der Waals surface area (Å²) in [5.41, 5.74) is 7.58. The molecular weight excluding hydrogens is 865 g/mol. The Balaban J connectivity index is 0.948. The molecule has 5 rings (SSSR count). The van der Waals surface area contributed by atoms with Crippen molar-refractivity contribution in [2.45, 2.75) is 71.8 Å². The van der Waals surface area contributed by atoms with Gasteiger partial charge in [-0.1, -0.05) is 36.4 Å². The smallest absolute Gasteiger partial charge is 0.255 e. The monoisotopic (exact) mass is 941 g/mol. The van der Waals surface area contributed by atoms with E-state index in [1.54, 1.807) is 12.3 Å². The molecule has 372 valence electrons. The first-order valence-electron chi connectivity index (χ1n) is 24.8. The number of amides is 2. The fourth-order valence-corrected chi connectivity index (χ4v) is 7.92. The molecule has 4 aromatic rings. The second-order valence-electron chi connectivity index (χ2n) is 16.4. The number of pyridine rings is 1. The molecule has 2 amide bonds. The maximum absolute atomic E-state index is 13.8. The van der Waals surface area contributed by atoms with Crippen molar-refractivity contribution in [1.29, 1.82) is 0 Å². The molecule has 1 unspecified atom stereocenters. The van der Waals surface area contributed by atoms with Crippen LogP contribution in [0.1, 0.15) is 96.3 Å². The number of rotatable bonds is 36. The molecule has 0 fully saturated rings. The Morgan fingerprint density at radius 2 is 1.19 bits per heavy atom. The molecule has 0 spiro atoms. The van der Waals surface area contributed by atoms with Gasteiger partial charge in [-0.15, -0.1) is 0 Å². The molecule has 3 aromatic carbocycles. The van der Waals surface area contributed by atoms with Gasteiger partial charge in [0.05, 0.1) is 96.7 Å². The van der Waals surface area contributed by atoms with E-state index < -0.39 is 0 Å². The quantitative estimate of drug-likeness (QED) is 0.0422. The molecule has 14 heteroatoms. The number of unbranched alkanes of at least 4 members (excludes halogenated alkanes) is 1. The van der Waals surface area contributed by atoms with E-state index in [1.165, 1.54) is 11.1 Å². The van der Waals surface area contributed by atoms with Crippen molar-refractivity contribution in [3.05, 3.63) is 113 Å². The third kappa shape index (κ3) is 19.7. The second kappa shape index (κ2) is 32.9. The van der Waals surface area contributed by atoms with Crippen LogP contribution in [0.15, 0.2) is 85.1 Å². The van der Waals surface area contributed by atoms with Crippen LogP contribution in [0.3, 0.4) is 0 Å². The van der Waals surface area contributed by atoms with Crippen LogP contribution in [-0.2, 0) is 50.7 Å². The summed E-state index contributed by atoms with van der Waals surface area (Å²) >= 11 is 0. The van der Waals surface area contributed by atoms with Crippen LogP contribution in [0, 0.1) is 0 Å². The lowest BCUT2D eigenvalue weighted by Gasteiger charge is -2.26. The van der Waals surface area contributed by atoms with E-state index in [9.17, 15) is 9.59 Å². The number of carbonyl (C=O) groups excluding carboxylic acids is 2. The normalized spacial score (nSPS) is 13.3. The first-order chi connectivity index (χ1) is 33.5. The Morgan fingerprint density at radius 1 is 0.603 bits per heavy atom. The van der Waals surface area contributed by atoms with Gasteiger partial charge >= 0.3 is 0 Å². The van der Waals surface area contributed by atoms with Crippen LogP contribution < -0.4 is 15.5 Å². The zero-order chi connectivity index (χ0) is 47.9. The summed E-state index contributed by atoms with van der Waals surface area (Å²) < 4.78 is 44.4. The predicted octanol–water partition coefficient (Wildman–Crippen LogP) is 8.52. The fourth-order valence-electron chi connectivity index (χ4n) is 7.92. The zero-order valence-electron chi connectivity index (χ0n) is 40.8. The van der Waals surface area contributed by atoms with Crippen molar-refractivity contribution >= 4 is 23.2 Å². The maximum Gasteiger partial charge on any atom is 0.255 e. The van der Waals surface area contributed by atoms with Crippen molar-refractivity contribution in [2.75, 3.05) is 129 Å². The average Bonchev–Trinajstić information content (AvgIpc) is 3.37. The minimum absolute atomic E-state index is 0.0404. The van der Waals surface area contributed by atoms with Gasteiger partial charge in [-0.25, -0.2) is 0 Å². The van der Waals surface area contributed by atoms with E-state index >= 15 is 0 Å². The van der Waals surface area contributed by atoms with Crippen LogP contribution in [0.5, 0.6) is 0 Å². The molecule has 1 aromatic heterocycles. The summed E-state index contributed by atoms with van der Waals surface area (Å²) in [6.07, 6.45) is 8.06. The number of nitrogens with one attached hydrogen (secondary N) is 2. The van der Waals surface area contributed by atoms with Crippen molar-refractivity contribution in [3.8, 4) is 11.3 Å². The van der Waals surface area contributed by atoms with E-state index in [1.807, 2.05) is 61.5 Å². The molecule has 1 heterocycles. The molecule has 0 radical (unpaired) electrons. The number of nitrogens with zero attached hydrogens (tertiary/aromatic N) is 2. The van der Waals surface area contributed by atoms with Gasteiger partial charge < -0.3 is 53.4 Å². The molecule has 68 heavy (non-hydrogen) atoms. The lowest BCUT2D eigenvalue weighted by atomic mass is 9.87. The SMILES string of the molecule is CCOCCOCCOCCOCCCCOCCOCCOCCOCCCc1cccc(C(=O)Nc2ccc(N(CC)CC)cc2-c2cc(C(=O)NC3CCCc4ccccc43)ccn2)c1. The largest absolute Gasteiger partial charge is 0.379 e. The highest BCUT2D eigenvalue weighted by molar-refractivity contribution is 6.06. The van der Waals surface area contributed by atoms with Gasteiger partial charge in [-0.05, 0) is 125 Å². The maximum atomic E-state index is 13.8. The third-order valence-electron chi connectivity index (χ3n) is 11.6. The van der Waals surface area contributed by atoms with Crippen LogP contribution >= 0.6 is 0 Å². The number of benzene rings is 3. The van der Waals surface area contributed by atoms with Gasteiger partial charge in [-0.3, -0.25) is 14.6 Å². The lowest BCUT2D eigenvalue weighted by Crippen LogP contribution is -2.31. The molecule has 1 atom stereocenters. The number of aromatic nitrogens is 1. The predicted molar refractivity (Wildman–Crippen MR) is 267 cm³/mol. The number of carbonyl (C=O) groups is 2. The highest BCUT2D eigenvalue weighted by Gasteiger charge is 2.23. The molecule has 2 N–H and O–H groups in total. The number of hydrogen-bond acceptors (Lipinski definition) is 12. The molecular formula is C54H76N4O10. The van der Waals surface area contributed by atoms with Crippen molar-refractivity contribution in [3.63, 3.8) is 0 Å². The second-order valence-corrected chi connectivity index (χ2v) is 16.4. The average molecular weight is 941 g/mol. The molecule has 0 bridgehead atoms. The van der Waals surface area contributed by atoms with Crippen molar-refractivity contribution in [2.24, 2.45) is 0 Å². The Labute approximate surface area is 404 Å². The van der Waals surface area contributed by atoms with Gasteiger partial charge in [0.15, 0.2) is 0 Å². The summed E-state index contributed by atoms with van der Waals surface area (Å²) in [5.74, 6) is -0.369. The van der Waals surface area contributed by atoms with Crippen LogP contribution in [-0.4, -0.2) is 136 Å². The Bertz CT molecular complexity index is 2030. The summed E-state index contributed by atoms with van der Waals surface area (Å²) in [5, 5.41) is 6.43. The molecule has 1 aliphatic rings. The Kier molecular flexibility index (Phi) is 26.2. The first-order valence-corrected chi connectivity index (χ1v) is 24.8. The summed E-state index contributed by atoms with van der Waals surface area (Å²) in [6, 6.07) is 25.5. The molecule has 14 nitrogen and oxygen atoms in total. The van der Waals surface area contributed by atoms with Gasteiger partial charge in [0.1, 0.15) is 0 Å². The zero-order valence-corrected chi connectivity index (χ0v) is 40.8. The standard InChI is InChI=1S/C54H76N4O10/c1-4-58(5-2)47-21-22-51(49(42-47)52-41-46(23-24-55-52)54(60)56-50-20-12-17-44-16-7-8-19-48(44)50)57-53(59)45-18-11-14-43(40-45)15-13-27-64-32-35-68-39-38-67-34-31-63-26-10-9-25-62-30-33-66-37-36-65-29-28-61-6-3/h7-8,11,14,16,18-19,21-24,40-42,50H,4-6,9-10,12-13,15,17,20,25-39H2,1-3H3,(H,56,60)(H,57,59). The van der Waals surface area contributed by atoms with Gasteiger partial charge in [-0.2, -0.15) is 0 Å².